The lowest BCUT2D eigenvalue weighted by Crippen LogP contribution is -2.28. The van der Waals surface area contributed by atoms with Crippen LogP contribution in [0.15, 0.2) is 34.1 Å². The molecule has 0 amide bonds. The average molecular weight is 297 g/mol. The number of benzene rings is 1. The van der Waals surface area contributed by atoms with Gasteiger partial charge in [0.15, 0.2) is 0 Å². The van der Waals surface area contributed by atoms with E-state index in [9.17, 15) is 0 Å². The van der Waals surface area contributed by atoms with Gasteiger partial charge in [0.25, 0.3) is 0 Å². The van der Waals surface area contributed by atoms with E-state index in [0.29, 0.717) is 0 Å². The van der Waals surface area contributed by atoms with Gasteiger partial charge in [-0.1, -0.05) is 28.1 Å². The molecule has 0 saturated carbocycles. The molecule has 1 heterocycles. The van der Waals surface area contributed by atoms with E-state index in [1.54, 1.807) is 11.3 Å². The Morgan fingerprint density at radius 2 is 1.88 bits per heavy atom. The second-order valence-corrected chi connectivity index (χ2v) is 6.04. The van der Waals surface area contributed by atoms with E-state index >= 15 is 0 Å². The lowest BCUT2D eigenvalue weighted by Gasteiger charge is -2.13. The van der Waals surface area contributed by atoms with Crippen LogP contribution in [0.25, 0.3) is 11.3 Å². The molecular weight excluding hydrogens is 284 g/mol. The van der Waals surface area contributed by atoms with Crippen LogP contribution in [-0.2, 0) is 5.54 Å². The van der Waals surface area contributed by atoms with E-state index < -0.39 is 0 Å². The zero-order valence-corrected chi connectivity index (χ0v) is 11.6. The van der Waals surface area contributed by atoms with Gasteiger partial charge in [0.1, 0.15) is 5.01 Å². The summed E-state index contributed by atoms with van der Waals surface area (Å²) < 4.78 is 1.07. The van der Waals surface area contributed by atoms with Gasteiger partial charge in [-0.3, -0.25) is 0 Å². The van der Waals surface area contributed by atoms with Crippen LogP contribution in [0.1, 0.15) is 18.9 Å². The molecule has 2 rings (SSSR count). The molecule has 0 aliphatic heterocycles. The SMILES string of the molecule is CC(C)(N)c1nc(-c2ccc(Br)cc2)cs1. The fourth-order valence-electron chi connectivity index (χ4n) is 1.32. The third-order valence-corrected chi connectivity index (χ3v) is 3.91. The first kappa shape index (κ1) is 11.8. The predicted molar refractivity (Wildman–Crippen MR) is 72.5 cm³/mol. The van der Waals surface area contributed by atoms with Crippen molar-refractivity contribution in [2.75, 3.05) is 0 Å². The van der Waals surface area contributed by atoms with E-state index in [0.717, 1.165) is 20.7 Å². The highest BCUT2D eigenvalue weighted by molar-refractivity contribution is 9.10. The topological polar surface area (TPSA) is 38.9 Å². The number of thiazole rings is 1. The number of nitrogens with zero attached hydrogens (tertiary/aromatic N) is 1. The standard InChI is InChI=1S/C12H13BrN2S/c1-12(2,14)11-15-10(7-16-11)8-3-5-9(13)6-4-8/h3-7H,14H2,1-2H3. The van der Waals surface area contributed by atoms with Gasteiger partial charge in [-0.25, -0.2) is 4.98 Å². The van der Waals surface area contributed by atoms with Crippen LogP contribution in [0, 0.1) is 0 Å². The number of hydrogen-bond donors (Lipinski definition) is 1. The Kier molecular flexibility index (Phi) is 3.15. The van der Waals surface area contributed by atoms with Crippen LogP contribution in [-0.4, -0.2) is 4.98 Å². The summed E-state index contributed by atoms with van der Waals surface area (Å²) in [6.45, 7) is 3.94. The van der Waals surface area contributed by atoms with Crippen molar-refractivity contribution >= 4 is 27.3 Å². The van der Waals surface area contributed by atoms with Gasteiger partial charge in [0.2, 0.25) is 0 Å². The van der Waals surface area contributed by atoms with Crippen molar-refractivity contribution in [2.45, 2.75) is 19.4 Å². The van der Waals surface area contributed by atoms with Crippen molar-refractivity contribution in [3.05, 3.63) is 39.1 Å². The molecule has 0 saturated heterocycles. The molecule has 84 valence electrons. The van der Waals surface area contributed by atoms with Crippen molar-refractivity contribution < 1.29 is 0 Å². The molecule has 0 spiro atoms. The lowest BCUT2D eigenvalue weighted by molar-refractivity contribution is 0.551. The average Bonchev–Trinajstić information content (AvgIpc) is 2.67. The van der Waals surface area contributed by atoms with E-state index in [-0.39, 0.29) is 5.54 Å². The minimum absolute atomic E-state index is 0.363. The van der Waals surface area contributed by atoms with Gasteiger partial charge in [0.05, 0.1) is 11.2 Å². The summed E-state index contributed by atoms with van der Waals surface area (Å²) in [5.41, 5.74) is 7.76. The van der Waals surface area contributed by atoms with E-state index in [4.69, 9.17) is 5.73 Å². The Morgan fingerprint density at radius 1 is 1.25 bits per heavy atom. The lowest BCUT2D eigenvalue weighted by atomic mass is 10.1. The Balaban J connectivity index is 2.35. The van der Waals surface area contributed by atoms with Crippen LogP contribution in [0.4, 0.5) is 0 Å². The molecule has 2 nitrogen and oxygen atoms in total. The molecule has 2 aromatic rings. The molecule has 0 unspecified atom stereocenters. The second kappa shape index (κ2) is 4.28. The molecular formula is C12H13BrN2S. The van der Waals surface area contributed by atoms with Crippen LogP contribution >= 0.6 is 27.3 Å². The monoisotopic (exact) mass is 296 g/mol. The molecule has 1 aromatic heterocycles. The van der Waals surface area contributed by atoms with Gasteiger partial charge in [-0.15, -0.1) is 11.3 Å². The second-order valence-electron chi connectivity index (χ2n) is 4.27. The Bertz CT molecular complexity index is 482. The molecule has 0 aliphatic rings. The summed E-state index contributed by atoms with van der Waals surface area (Å²) in [5, 5.41) is 3.01. The van der Waals surface area contributed by atoms with Gasteiger partial charge in [-0.2, -0.15) is 0 Å². The molecule has 0 radical (unpaired) electrons. The first-order chi connectivity index (χ1) is 7.47. The molecule has 0 atom stereocenters. The van der Waals surface area contributed by atoms with Crippen LogP contribution in [0.2, 0.25) is 0 Å². The number of halogens is 1. The fraction of sp³-hybridized carbons (Fsp3) is 0.250. The first-order valence-corrected chi connectivity index (χ1v) is 6.65. The van der Waals surface area contributed by atoms with E-state index in [1.807, 2.05) is 43.5 Å². The largest absolute Gasteiger partial charge is 0.320 e. The highest BCUT2D eigenvalue weighted by atomic mass is 79.9. The van der Waals surface area contributed by atoms with Gasteiger partial charge < -0.3 is 5.73 Å². The van der Waals surface area contributed by atoms with E-state index in [1.165, 1.54) is 0 Å². The first-order valence-electron chi connectivity index (χ1n) is 4.97. The normalized spacial score (nSPS) is 11.8. The third kappa shape index (κ3) is 2.51. The maximum Gasteiger partial charge on any atom is 0.113 e. The zero-order chi connectivity index (χ0) is 11.8. The maximum absolute atomic E-state index is 6.01. The predicted octanol–water partition coefficient (Wildman–Crippen LogP) is 3.77. The van der Waals surface area contributed by atoms with E-state index in [2.05, 4.69) is 20.9 Å². The highest BCUT2D eigenvalue weighted by Crippen LogP contribution is 2.27. The maximum atomic E-state index is 6.01. The molecule has 0 fully saturated rings. The molecule has 1 aromatic carbocycles. The molecule has 4 heteroatoms. The van der Waals surface area contributed by atoms with Crippen molar-refractivity contribution in [3.63, 3.8) is 0 Å². The van der Waals surface area contributed by atoms with Crippen molar-refractivity contribution in [2.24, 2.45) is 5.73 Å². The molecule has 16 heavy (non-hydrogen) atoms. The quantitative estimate of drug-likeness (QED) is 0.916. The minimum Gasteiger partial charge on any atom is -0.320 e. The van der Waals surface area contributed by atoms with Crippen molar-refractivity contribution in [1.29, 1.82) is 0 Å². The number of aromatic nitrogens is 1. The van der Waals surface area contributed by atoms with Gasteiger partial charge in [0, 0.05) is 15.4 Å². The van der Waals surface area contributed by atoms with Crippen molar-refractivity contribution in [3.8, 4) is 11.3 Å². The Morgan fingerprint density at radius 3 is 2.38 bits per heavy atom. The minimum atomic E-state index is -0.363. The number of hydrogen-bond acceptors (Lipinski definition) is 3. The Hall–Kier alpha value is -0.710. The smallest absolute Gasteiger partial charge is 0.113 e. The van der Waals surface area contributed by atoms with Crippen LogP contribution < -0.4 is 5.73 Å². The number of rotatable bonds is 2. The molecule has 0 aliphatic carbocycles. The summed E-state index contributed by atoms with van der Waals surface area (Å²) in [7, 11) is 0. The van der Waals surface area contributed by atoms with Crippen LogP contribution in [0.5, 0.6) is 0 Å². The summed E-state index contributed by atoms with van der Waals surface area (Å²) in [5.74, 6) is 0. The van der Waals surface area contributed by atoms with Gasteiger partial charge >= 0.3 is 0 Å². The Labute approximate surface area is 108 Å². The van der Waals surface area contributed by atoms with Gasteiger partial charge in [-0.05, 0) is 26.0 Å². The van der Waals surface area contributed by atoms with Crippen molar-refractivity contribution in [1.82, 2.24) is 4.98 Å². The third-order valence-electron chi connectivity index (χ3n) is 2.20. The summed E-state index contributed by atoms with van der Waals surface area (Å²) >= 11 is 5.02. The highest BCUT2D eigenvalue weighted by Gasteiger charge is 2.18. The molecule has 0 bridgehead atoms. The zero-order valence-electron chi connectivity index (χ0n) is 9.20. The fourth-order valence-corrected chi connectivity index (χ4v) is 2.45. The summed E-state index contributed by atoms with van der Waals surface area (Å²) in [4.78, 5) is 4.56. The molecule has 2 N–H and O–H groups in total. The summed E-state index contributed by atoms with van der Waals surface area (Å²) in [6, 6.07) is 8.13. The summed E-state index contributed by atoms with van der Waals surface area (Å²) in [6.07, 6.45) is 0. The number of nitrogens with two attached hydrogens (primary N) is 1. The van der Waals surface area contributed by atoms with Crippen LogP contribution in [0.3, 0.4) is 0 Å².